The fraction of sp³-hybridized carbons (Fsp3) is 0.0909. The lowest BCUT2D eigenvalue weighted by Crippen LogP contribution is -1.81. The van der Waals surface area contributed by atoms with Gasteiger partial charge in [-0.1, -0.05) is 66.8 Å². The molecule has 0 aliphatic carbocycles. The van der Waals surface area contributed by atoms with Crippen molar-refractivity contribution in [1.82, 2.24) is 4.98 Å². The third-order valence-corrected chi connectivity index (χ3v) is 4.42. The van der Waals surface area contributed by atoms with Crippen LogP contribution in [0.5, 0.6) is 0 Å². The Bertz CT molecular complexity index is 1080. The number of fused-ring (bicyclic) bond motifs is 6. The van der Waals surface area contributed by atoms with Crippen LogP contribution in [0.4, 0.5) is 0 Å². The second kappa shape index (κ2) is 5.44. The van der Waals surface area contributed by atoms with Gasteiger partial charge in [-0.3, -0.25) is 0 Å². The van der Waals surface area contributed by atoms with E-state index < -0.39 is 0 Å². The van der Waals surface area contributed by atoms with Crippen molar-refractivity contribution in [3.63, 3.8) is 0 Å². The minimum absolute atomic E-state index is 1.17. The topological polar surface area (TPSA) is 15.8 Å². The molecule has 0 unspecified atom stereocenters. The van der Waals surface area contributed by atoms with E-state index >= 15 is 0 Å². The van der Waals surface area contributed by atoms with Gasteiger partial charge in [0.2, 0.25) is 0 Å². The summed E-state index contributed by atoms with van der Waals surface area (Å²) in [5.74, 6) is 0. The van der Waals surface area contributed by atoms with Gasteiger partial charge >= 0.3 is 0 Å². The first kappa shape index (κ1) is 13.8. The molecule has 0 saturated carbocycles. The average molecular weight is 297 g/mol. The summed E-state index contributed by atoms with van der Waals surface area (Å²) in [5, 5.41) is 6.51. The third-order valence-electron chi connectivity index (χ3n) is 4.42. The highest BCUT2D eigenvalue weighted by atomic mass is 14.7. The number of rotatable bonds is 2. The van der Waals surface area contributed by atoms with Crippen LogP contribution >= 0.6 is 0 Å². The van der Waals surface area contributed by atoms with E-state index in [-0.39, 0.29) is 0 Å². The zero-order valence-electron chi connectivity index (χ0n) is 13.4. The van der Waals surface area contributed by atoms with Gasteiger partial charge in [0.25, 0.3) is 0 Å². The Morgan fingerprint density at radius 2 is 1.26 bits per heavy atom. The number of H-pyrrole nitrogens is 1. The number of nitrogens with one attached hydrogen (secondary N) is 1. The van der Waals surface area contributed by atoms with Crippen LogP contribution in [0.3, 0.4) is 0 Å². The lowest BCUT2D eigenvalue weighted by atomic mass is 9.96. The number of allylic oxidation sites excluding steroid dienone is 2. The molecule has 4 rings (SSSR count). The van der Waals surface area contributed by atoms with Crippen LogP contribution in [-0.2, 0) is 0 Å². The molecule has 0 amide bonds. The van der Waals surface area contributed by atoms with Gasteiger partial charge in [-0.05, 0) is 36.1 Å². The number of benzene rings is 3. The van der Waals surface area contributed by atoms with Gasteiger partial charge in [-0.25, -0.2) is 0 Å². The van der Waals surface area contributed by atoms with Gasteiger partial charge in [0.15, 0.2) is 0 Å². The van der Waals surface area contributed by atoms with Crippen molar-refractivity contribution in [2.45, 2.75) is 13.8 Å². The quantitative estimate of drug-likeness (QED) is 0.404. The molecule has 0 atom stereocenters. The molecule has 0 fully saturated rings. The van der Waals surface area contributed by atoms with Gasteiger partial charge in [-0.2, -0.15) is 0 Å². The molecule has 1 heteroatoms. The minimum atomic E-state index is 1.17. The van der Waals surface area contributed by atoms with E-state index in [1.54, 1.807) is 0 Å². The molecule has 1 nitrogen and oxygen atoms in total. The van der Waals surface area contributed by atoms with Crippen LogP contribution in [0.2, 0.25) is 0 Å². The maximum atomic E-state index is 3.65. The first-order valence-corrected chi connectivity index (χ1v) is 8.05. The summed E-state index contributed by atoms with van der Waals surface area (Å²) in [5.41, 5.74) is 3.66. The fourth-order valence-electron chi connectivity index (χ4n) is 3.53. The average Bonchev–Trinajstić information content (AvgIpc) is 2.95. The van der Waals surface area contributed by atoms with E-state index in [4.69, 9.17) is 0 Å². The summed E-state index contributed by atoms with van der Waals surface area (Å²) in [6, 6.07) is 17.3. The molecule has 0 bridgehead atoms. The molecule has 4 aromatic rings. The number of aromatic amines is 1. The van der Waals surface area contributed by atoms with E-state index in [1.165, 1.54) is 43.7 Å². The Morgan fingerprint density at radius 3 is 1.91 bits per heavy atom. The zero-order chi connectivity index (χ0) is 15.8. The number of aromatic nitrogens is 1. The summed E-state index contributed by atoms with van der Waals surface area (Å²) in [6.45, 7) is 4.13. The van der Waals surface area contributed by atoms with Crippen LogP contribution in [0.25, 0.3) is 44.6 Å². The lowest BCUT2D eigenvalue weighted by molar-refractivity contribution is 1.43. The van der Waals surface area contributed by atoms with Gasteiger partial charge in [0.05, 0.1) is 5.52 Å². The van der Waals surface area contributed by atoms with Crippen molar-refractivity contribution in [3.8, 4) is 0 Å². The SMILES string of the molecule is C/C=C\c1[nH]c2c3ccccc3c3ccccc3c2c1/C=C\C. The molecule has 1 N–H and O–H groups in total. The summed E-state index contributed by atoms with van der Waals surface area (Å²) >= 11 is 0. The molecule has 3 aromatic carbocycles. The van der Waals surface area contributed by atoms with Crippen LogP contribution in [0, 0.1) is 0 Å². The fourth-order valence-corrected chi connectivity index (χ4v) is 3.53. The predicted molar refractivity (Wildman–Crippen MR) is 103 cm³/mol. The summed E-state index contributed by atoms with van der Waals surface area (Å²) < 4.78 is 0. The third kappa shape index (κ3) is 2.01. The van der Waals surface area contributed by atoms with E-state index in [0.717, 1.165) is 0 Å². The highest BCUT2D eigenvalue weighted by Crippen LogP contribution is 2.38. The molecule has 0 aliphatic heterocycles. The van der Waals surface area contributed by atoms with Crippen molar-refractivity contribution < 1.29 is 0 Å². The molecule has 0 saturated heterocycles. The maximum Gasteiger partial charge on any atom is 0.0551 e. The van der Waals surface area contributed by atoms with E-state index in [1.807, 2.05) is 0 Å². The van der Waals surface area contributed by atoms with Crippen LogP contribution in [0.1, 0.15) is 25.1 Å². The van der Waals surface area contributed by atoms with Gasteiger partial charge in [0.1, 0.15) is 0 Å². The van der Waals surface area contributed by atoms with Gasteiger partial charge in [0, 0.05) is 22.0 Å². The smallest absolute Gasteiger partial charge is 0.0551 e. The van der Waals surface area contributed by atoms with Crippen molar-refractivity contribution in [1.29, 1.82) is 0 Å². The monoisotopic (exact) mass is 297 g/mol. The van der Waals surface area contributed by atoms with E-state index in [0.29, 0.717) is 0 Å². The van der Waals surface area contributed by atoms with Crippen LogP contribution < -0.4 is 0 Å². The molecule has 23 heavy (non-hydrogen) atoms. The second-order valence-corrected chi connectivity index (χ2v) is 5.79. The van der Waals surface area contributed by atoms with Crippen molar-refractivity contribution in [2.24, 2.45) is 0 Å². The molecular weight excluding hydrogens is 278 g/mol. The number of hydrogen-bond acceptors (Lipinski definition) is 0. The highest BCUT2D eigenvalue weighted by molar-refractivity contribution is 6.26. The van der Waals surface area contributed by atoms with Crippen LogP contribution in [-0.4, -0.2) is 4.98 Å². The van der Waals surface area contributed by atoms with Gasteiger partial charge in [-0.15, -0.1) is 0 Å². The zero-order valence-corrected chi connectivity index (χ0v) is 13.4. The van der Waals surface area contributed by atoms with E-state index in [9.17, 15) is 0 Å². The maximum absolute atomic E-state index is 3.65. The Labute approximate surface area is 135 Å². The summed E-state index contributed by atoms with van der Waals surface area (Å²) in [6.07, 6.45) is 8.55. The molecule has 0 spiro atoms. The lowest BCUT2D eigenvalue weighted by Gasteiger charge is -2.07. The van der Waals surface area contributed by atoms with Crippen LogP contribution in [0.15, 0.2) is 60.7 Å². The molecule has 1 aromatic heterocycles. The first-order valence-electron chi connectivity index (χ1n) is 8.05. The Morgan fingerprint density at radius 1 is 0.696 bits per heavy atom. The Balaban J connectivity index is 2.35. The molecule has 112 valence electrons. The second-order valence-electron chi connectivity index (χ2n) is 5.79. The van der Waals surface area contributed by atoms with Gasteiger partial charge < -0.3 is 4.98 Å². The normalized spacial score (nSPS) is 12.4. The summed E-state index contributed by atoms with van der Waals surface area (Å²) in [7, 11) is 0. The molecular formula is C22H19N. The number of hydrogen-bond donors (Lipinski definition) is 1. The molecule has 0 radical (unpaired) electrons. The predicted octanol–water partition coefficient (Wildman–Crippen LogP) is 6.54. The standard InChI is InChI=1S/C22H19N/c1-3-9-19-20(10-4-2)23-22-18-14-8-6-12-16(18)15-11-5-7-13-17(15)21(19)22/h3-14,23H,1-2H3/b9-3-,10-4-. The highest BCUT2D eigenvalue weighted by Gasteiger charge is 2.14. The van der Waals surface area contributed by atoms with Crippen molar-refractivity contribution >= 4 is 44.6 Å². The Hall–Kier alpha value is -2.80. The Kier molecular flexibility index (Phi) is 3.27. The molecule has 1 heterocycles. The van der Waals surface area contributed by atoms with Crippen molar-refractivity contribution in [2.75, 3.05) is 0 Å². The first-order chi connectivity index (χ1) is 11.3. The van der Waals surface area contributed by atoms with Crippen molar-refractivity contribution in [3.05, 3.63) is 71.9 Å². The van der Waals surface area contributed by atoms with E-state index in [2.05, 4.69) is 91.7 Å². The largest absolute Gasteiger partial charge is 0.354 e. The molecule has 0 aliphatic rings. The minimum Gasteiger partial charge on any atom is -0.354 e. The summed E-state index contributed by atoms with van der Waals surface area (Å²) in [4.78, 5) is 3.65.